The van der Waals surface area contributed by atoms with Crippen molar-refractivity contribution in [2.75, 3.05) is 42.7 Å². The highest BCUT2D eigenvalue weighted by Crippen LogP contribution is 2.53. The highest BCUT2D eigenvalue weighted by Gasteiger charge is 2.43. The van der Waals surface area contributed by atoms with Crippen molar-refractivity contribution in [3.8, 4) is 40.6 Å². The van der Waals surface area contributed by atoms with Gasteiger partial charge in [0, 0.05) is 23.3 Å². The van der Waals surface area contributed by atoms with Gasteiger partial charge >= 0.3 is 0 Å². The second-order valence-electron chi connectivity index (χ2n) is 9.55. The molecule has 2 unspecified atom stereocenters. The largest absolute Gasteiger partial charge is 0.493 e. The fraction of sp³-hybridized carbons (Fsp3) is 0.567. The van der Waals surface area contributed by atoms with E-state index in [-0.39, 0.29) is 23.7 Å². The van der Waals surface area contributed by atoms with Crippen LogP contribution in [0.2, 0.25) is 0 Å². The van der Waals surface area contributed by atoms with Crippen LogP contribution in [0.4, 0.5) is 0 Å². The van der Waals surface area contributed by atoms with E-state index in [1.54, 1.807) is 25.3 Å². The number of methoxy groups -OCH3 is 6. The van der Waals surface area contributed by atoms with Gasteiger partial charge in [0.25, 0.3) is 0 Å². The van der Waals surface area contributed by atoms with Crippen molar-refractivity contribution in [2.24, 2.45) is 5.92 Å². The Hall–Kier alpha value is -3.87. The molecule has 0 aliphatic rings. The van der Waals surface area contributed by atoms with Gasteiger partial charge in [0.1, 0.15) is 0 Å². The summed E-state index contributed by atoms with van der Waals surface area (Å²) in [5.41, 5.74) is 0.391. The number of nitro groups is 1. The third-order valence-corrected chi connectivity index (χ3v) is 7.68. The first-order chi connectivity index (χ1) is 19.2. The van der Waals surface area contributed by atoms with E-state index in [9.17, 15) is 15.4 Å². The maximum Gasteiger partial charge on any atom is 0.217 e. The second kappa shape index (κ2) is 15.1. The molecule has 0 spiro atoms. The number of benzene rings is 2. The lowest BCUT2D eigenvalue weighted by Crippen LogP contribution is -2.35. The molecule has 2 aromatic rings. The first kappa shape index (κ1) is 32.3. The van der Waals surface area contributed by atoms with Crippen molar-refractivity contribution in [1.82, 2.24) is 0 Å². The van der Waals surface area contributed by atoms with E-state index in [1.807, 2.05) is 19.9 Å². The molecule has 2 rings (SSSR count). The number of hydrogen-bond donors (Lipinski definition) is 0. The van der Waals surface area contributed by atoms with Gasteiger partial charge in [-0.1, -0.05) is 32.8 Å². The zero-order valence-corrected chi connectivity index (χ0v) is 24.9. The van der Waals surface area contributed by atoms with Gasteiger partial charge in [-0.3, -0.25) is 10.1 Å². The molecule has 10 nitrogen and oxygen atoms in total. The lowest BCUT2D eigenvalue weighted by atomic mass is 9.65. The number of rotatable bonds is 17. The maximum absolute atomic E-state index is 12.1. The van der Waals surface area contributed by atoms with Gasteiger partial charge in [0.15, 0.2) is 23.0 Å². The normalized spacial score (nSPS) is 13.1. The molecule has 0 fully saturated rings. The zero-order chi connectivity index (χ0) is 29.9. The lowest BCUT2D eigenvalue weighted by Gasteiger charge is -2.36. The molecule has 2 aromatic carbocycles. The van der Waals surface area contributed by atoms with Gasteiger partial charge in [-0.25, -0.2) is 0 Å². The molecule has 0 heterocycles. The average Bonchev–Trinajstić information content (AvgIpc) is 2.98. The SMILES string of the molecule is CCC(CC)C(C#N)(CCCC(Cc1ccc(OC)c(OC)c1)[N+](=O)[O-])c1cc(OC)c(OC)c(OC)c1OC. The van der Waals surface area contributed by atoms with Crippen LogP contribution in [0.1, 0.15) is 57.1 Å². The minimum atomic E-state index is -1.01. The molecule has 40 heavy (non-hydrogen) atoms. The minimum absolute atomic E-state index is 0.0471. The molecule has 10 heteroatoms. The van der Waals surface area contributed by atoms with Crippen LogP contribution in [0.3, 0.4) is 0 Å². The molecular weight excluding hydrogens is 516 g/mol. The summed E-state index contributed by atoms with van der Waals surface area (Å²) in [6.45, 7) is 4.09. The van der Waals surface area contributed by atoms with Gasteiger partial charge in [0.05, 0.1) is 54.1 Å². The topological polar surface area (TPSA) is 122 Å². The molecule has 0 saturated heterocycles. The Balaban J connectivity index is 2.50. The van der Waals surface area contributed by atoms with Crippen LogP contribution < -0.4 is 28.4 Å². The summed E-state index contributed by atoms with van der Waals surface area (Å²) >= 11 is 0. The van der Waals surface area contributed by atoms with Crippen molar-refractivity contribution >= 4 is 0 Å². The molecule has 0 amide bonds. The van der Waals surface area contributed by atoms with Gasteiger partial charge < -0.3 is 28.4 Å². The maximum atomic E-state index is 12.1. The van der Waals surface area contributed by atoms with E-state index < -0.39 is 11.5 Å². The van der Waals surface area contributed by atoms with Crippen LogP contribution in [0.25, 0.3) is 0 Å². The summed E-state index contributed by atoms with van der Waals surface area (Å²) in [6.07, 6.45) is 2.81. The summed E-state index contributed by atoms with van der Waals surface area (Å²) in [4.78, 5) is 11.8. The number of ether oxygens (including phenoxy) is 6. The van der Waals surface area contributed by atoms with E-state index in [0.717, 1.165) is 18.4 Å². The van der Waals surface area contributed by atoms with Crippen LogP contribution in [-0.2, 0) is 11.8 Å². The predicted molar refractivity (Wildman–Crippen MR) is 152 cm³/mol. The summed E-state index contributed by atoms with van der Waals surface area (Å²) in [5, 5.41) is 22.9. The Kier molecular flexibility index (Phi) is 12.2. The van der Waals surface area contributed by atoms with Crippen LogP contribution >= 0.6 is 0 Å². The average molecular weight is 559 g/mol. The van der Waals surface area contributed by atoms with Crippen LogP contribution in [0, 0.1) is 27.4 Å². The van der Waals surface area contributed by atoms with Crippen LogP contribution in [0.5, 0.6) is 34.5 Å². The summed E-state index contributed by atoms with van der Waals surface area (Å²) in [5.74, 6) is 2.55. The van der Waals surface area contributed by atoms with Crippen LogP contribution in [-0.4, -0.2) is 53.6 Å². The molecule has 0 aliphatic heterocycles. The molecule has 0 bridgehead atoms. The highest BCUT2D eigenvalue weighted by atomic mass is 16.6. The summed E-state index contributed by atoms with van der Waals surface area (Å²) in [7, 11) is 9.13. The Morgan fingerprint density at radius 2 is 1.45 bits per heavy atom. The number of hydrogen-bond acceptors (Lipinski definition) is 9. The van der Waals surface area contributed by atoms with Crippen molar-refractivity contribution in [2.45, 2.75) is 63.8 Å². The van der Waals surface area contributed by atoms with Crippen molar-refractivity contribution in [3.05, 3.63) is 45.5 Å². The van der Waals surface area contributed by atoms with E-state index in [1.165, 1.54) is 35.5 Å². The third kappa shape index (κ3) is 6.64. The minimum Gasteiger partial charge on any atom is -0.493 e. The first-order valence-electron chi connectivity index (χ1n) is 13.4. The summed E-state index contributed by atoms with van der Waals surface area (Å²) in [6, 6.07) is 8.85. The molecule has 0 saturated carbocycles. The molecule has 2 atom stereocenters. The van der Waals surface area contributed by atoms with Crippen molar-refractivity contribution in [3.63, 3.8) is 0 Å². The molecule has 0 aromatic heterocycles. The zero-order valence-electron chi connectivity index (χ0n) is 24.9. The Morgan fingerprint density at radius 3 is 1.93 bits per heavy atom. The monoisotopic (exact) mass is 558 g/mol. The third-order valence-electron chi connectivity index (χ3n) is 7.68. The predicted octanol–water partition coefficient (Wildman–Crippen LogP) is 5.99. The Morgan fingerprint density at radius 1 is 0.850 bits per heavy atom. The van der Waals surface area contributed by atoms with E-state index in [0.29, 0.717) is 52.9 Å². The van der Waals surface area contributed by atoms with Crippen molar-refractivity contribution in [1.29, 1.82) is 5.26 Å². The molecule has 0 aliphatic carbocycles. The smallest absolute Gasteiger partial charge is 0.217 e. The fourth-order valence-corrected chi connectivity index (χ4v) is 5.59. The Labute approximate surface area is 237 Å². The molecule has 0 N–H and O–H groups in total. The number of nitrogens with zero attached hydrogens (tertiary/aromatic N) is 2. The van der Waals surface area contributed by atoms with Crippen molar-refractivity contribution < 1.29 is 33.3 Å². The van der Waals surface area contributed by atoms with E-state index >= 15 is 0 Å². The van der Waals surface area contributed by atoms with Gasteiger partial charge in [-0.2, -0.15) is 5.26 Å². The van der Waals surface area contributed by atoms with Gasteiger partial charge in [-0.15, -0.1) is 0 Å². The molecule has 220 valence electrons. The quantitative estimate of drug-likeness (QED) is 0.170. The standard InChI is InChI=1S/C30H42N2O8/c1-9-21(10-2)30(19-31,23-18-26(37-5)28(39-7)29(40-8)27(23)38-6)15-11-12-22(32(33)34)16-20-13-14-24(35-3)25(17-20)36-4/h13-14,17-18,21-22H,9-12,15-16H2,1-8H3. The highest BCUT2D eigenvalue weighted by molar-refractivity contribution is 5.65. The second-order valence-corrected chi connectivity index (χ2v) is 9.55. The summed E-state index contributed by atoms with van der Waals surface area (Å²) < 4.78 is 33.2. The lowest BCUT2D eigenvalue weighted by molar-refractivity contribution is -0.523. The van der Waals surface area contributed by atoms with E-state index in [2.05, 4.69) is 6.07 Å². The molecule has 0 radical (unpaired) electrons. The van der Waals surface area contributed by atoms with Crippen LogP contribution in [0.15, 0.2) is 24.3 Å². The van der Waals surface area contributed by atoms with Gasteiger partial charge in [-0.05, 0) is 42.5 Å². The van der Waals surface area contributed by atoms with E-state index in [4.69, 9.17) is 28.4 Å². The Bertz CT molecular complexity index is 1180. The first-order valence-corrected chi connectivity index (χ1v) is 13.4. The van der Waals surface area contributed by atoms with Gasteiger partial charge in [0.2, 0.25) is 17.5 Å². The number of nitriles is 1. The fourth-order valence-electron chi connectivity index (χ4n) is 5.59. The molecular formula is C30H42N2O8.